The molecule has 4 heteroatoms. The van der Waals surface area contributed by atoms with Crippen molar-refractivity contribution in [2.45, 2.75) is 45.2 Å². The quantitative estimate of drug-likeness (QED) is 0.904. The van der Waals surface area contributed by atoms with Gasteiger partial charge in [0.1, 0.15) is 6.04 Å². The van der Waals surface area contributed by atoms with E-state index in [9.17, 15) is 14.7 Å². The fourth-order valence-electron chi connectivity index (χ4n) is 2.48. The lowest BCUT2D eigenvalue weighted by molar-refractivity contribution is -0.151. The van der Waals surface area contributed by atoms with Gasteiger partial charge in [-0.05, 0) is 17.5 Å². The standard InChI is InChI=1S/C15H19NO3/c1-2-3-8-14(17)16-10-12-7-5-4-6-11(12)9-13(16)15(18)19/h4-7,13H,2-3,8-10H2,1H3,(H,18,19)/t13-/m0/s1. The van der Waals surface area contributed by atoms with Crippen LogP contribution in [-0.4, -0.2) is 27.9 Å². The molecule has 102 valence electrons. The van der Waals surface area contributed by atoms with E-state index in [1.54, 1.807) is 0 Å². The zero-order valence-electron chi connectivity index (χ0n) is 11.1. The third kappa shape index (κ3) is 2.95. The molecule has 1 aromatic rings. The molecule has 1 heterocycles. The first-order valence-corrected chi connectivity index (χ1v) is 6.72. The number of carboxylic acid groups (broad SMARTS) is 1. The van der Waals surface area contributed by atoms with E-state index in [1.165, 1.54) is 4.90 Å². The van der Waals surface area contributed by atoms with Gasteiger partial charge >= 0.3 is 5.97 Å². The molecule has 0 saturated heterocycles. The number of unbranched alkanes of at least 4 members (excludes halogenated alkanes) is 1. The van der Waals surface area contributed by atoms with Crippen molar-refractivity contribution in [1.82, 2.24) is 4.90 Å². The molecule has 0 radical (unpaired) electrons. The molecule has 0 aliphatic carbocycles. The normalized spacial score (nSPS) is 17.9. The van der Waals surface area contributed by atoms with Crippen molar-refractivity contribution in [1.29, 1.82) is 0 Å². The highest BCUT2D eigenvalue weighted by atomic mass is 16.4. The highest BCUT2D eigenvalue weighted by molar-refractivity contribution is 5.84. The van der Waals surface area contributed by atoms with Gasteiger partial charge in [-0.3, -0.25) is 4.79 Å². The molecule has 1 atom stereocenters. The second-order valence-electron chi connectivity index (χ2n) is 4.95. The Morgan fingerprint density at radius 3 is 2.63 bits per heavy atom. The van der Waals surface area contributed by atoms with Gasteiger partial charge in [0.05, 0.1) is 0 Å². The first-order chi connectivity index (χ1) is 9.13. The van der Waals surface area contributed by atoms with Crippen LogP contribution in [-0.2, 0) is 22.6 Å². The van der Waals surface area contributed by atoms with Crippen LogP contribution < -0.4 is 0 Å². The number of carbonyl (C=O) groups excluding carboxylic acids is 1. The first-order valence-electron chi connectivity index (χ1n) is 6.72. The lowest BCUT2D eigenvalue weighted by Crippen LogP contribution is -2.48. The molecule has 19 heavy (non-hydrogen) atoms. The number of hydrogen-bond donors (Lipinski definition) is 1. The van der Waals surface area contributed by atoms with E-state index >= 15 is 0 Å². The van der Waals surface area contributed by atoms with Crippen LogP contribution in [0.1, 0.15) is 37.3 Å². The zero-order valence-corrected chi connectivity index (χ0v) is 11.1. The third-order valence-corrected chi connectivity index (χ3v) is 3.60. The molecule has 1 aromatic carbocycles. The Morgan fingerprint density at radius 2 is 2.00 bits per heavy atom. The van der Waals surface area contributed by atoms with Crippen LogP contribution in [0.2, 0.25) is 0 Å². The number of hydrogen-bond acceptors (Lipinski definition) is 2. The number of benzene rings is 1. The van der Waals surface area contributed by atoms with E-state index in [4.69, 9.17) is 0 Å². The predicted molar refractivity (Wildman–Crippen MR) is 71.6 cm³/mol. The molecule has 4 nitrogen and oxygen atoms in total. The molecule has 0 spiro atoms. The van der Waals surface area contributed by atoms with Crippen LogP contribution in [0, 0.1) is 0 Å². The molecule has 1 aliphatic rings. The SMILES string of the molecule is CCCCC(=O)N1Cc2ccccc2C[C@H]1C(=O)O. The summed E-state index contributed by atoms with van der Waals surface area (Å²) in [4.78, 5) is 25.0. The molecule has 1 N–H and O–H groups in total. The van der Waals surface area contributed by atoms with Crippen molar-refractivity contribution in [2.24, 2.45) is 0 Å². The van der Waals surface area contributed by atoms with Gasteiger partial charge in [0.15, 0.2) is 0 Å². The number of carboxylic acids is 1. The lowest BCUT2D eigenvalue weighted by Gasteiger charge is -2.34. The molecule has 1 aliphatic heterocycles. The maximum absolute atomic E-state index is 12.1. The summed E-state index contributed by atoms with van der Waals surface area (Å²) in [6, 6.07) is 7.02. The molecule has 0 unspecified atom stereocenters. The summed E-state index contributed by atoms with van der Waals surface area (Å²) in [5.41, 5.74) is 2.10. The van der Waals surface area contributed by atoms with E-state index in [-0.39, 0.29) is 5.91 Å². The van der Waals surface area contributed by atoms with E-state index < -0.39 is 12.0 Å². The van der Waals surface area contributed by atoms with Gasteiger partial charge in [0, 0.05) is 19.4 Å². The predicted octanol–water partition coefficient (Wildman–Crippen LogP) is 2.21. The maximum Gasteiger partial charge on any atom is 0.326 e. The van der Waals surface area contributed by atoms with Crippen LogP contribution in [0.3, 0.4) is 0 Å². The van der Waals surface area contributed by atoms with E-state index in [0.717, 1.165) is 24.0 Å². The number of amides is 1. The summed E-state index contributed by atoms with van der Waals surface area (Å²) < 4.78 is 0. The topological polar surface area (TPSA) is 57.6 Å². The summed E-state index contributed by atoms with van der Waals surface area (Å²) in [5.74, 6) is -0.969. The van der Waals surface area contributed by atoms with Crippen molar-refractivity contribution in [2.75, 3.05) is 0 Å². The number of nitrogens with zero attached hydrogens (tertiary/aromatic N) is 1. The second-order valence-corrected chi connectivity index (χ2v) is 4.95. The van der Waals surface area contributed by atoms with Crippen molar-refractivity contribution >= 4 is 11.9 Å². The Morgan fingerprint density at radius 1 is 1.32 bits per heavy atom. The van der Waals surface area contributed by atoms with Crippen molar-refractivity contribution in [3.05, 3.63) is 35.4 Å². The Hall–Kier alpha value is -1.84. The smallest absolute Gasteiger partial charge is 0.326 e. The van der Waals surface area contributed by atoms with Crippen molar-refractivity contribution in [3.63, 3.8) is 0 Å². The van der Waals surface area contributed by atoms with Crippen LogP contribution in [0.15, 0.2) is 24.3 Å². The van der Waals surface area contributed by atoms with Crippen LogP contribution in [0.25, 0.3) is 0 Å². The number of carbonyl (C=O) groups is 2. The summed E-state index contributed by atoms with van der Waals surface area (Å²) in [6.45, 7) is 2.43. The molecule has 2 rings (SSSR count). The van der Waals surface area contributed by atoms with Crippen LogP contribution in [0.5, 0.6) is 0 Å². The molecule has 0 bridgehead atoms. The third-order valence-electron chi connectivity index (χ3n) is 3.60. The second kappa shape index (κ2) is 5.87. The zero-order chi connectivity index (χ0) is 13.8. The maximum atomic E-state index is 12.1. The fourth-order valence-corrected chi connectivity index (χ4v) is 2.48. The van der Waals surface area contributed by atoms with E-state index in [1.807, 2.05) is 31.2 Å². The van der Waals surface area contributed by atoms with Gasteiger partial charge in [0.25, 0.3) is 0 Å². The molecule has 1 amide bonds. The molecule has 0 saturated carbocycles. The van der Waals surface area contributed by atoms with Gasteiger partial charge in [-0.1, -0.05) is 37.6 Å². The van der Waals surface area contributed by atoms with E-state index in [2.05, 4.69) is 0 Å². The first kappa shape index (κ1) is 13.6. The minimum Gasteiger partial charge on any atom is -0.480 e. The monoisotopic (exact) mass is 261 g/mol. The highest BCUT2D eigenvalue weighted by Crippen LogP contribution is 2.24. The number of aliphatic carboxylic acids is 1. The molecule has 0 aromatic heterocycles. The average Bonchev–Trinajstić information content (AvgIpc) is 2.43. The summed E-state index contributed by atoms with van der Waals surface area (Å²) in [6.07, 6.45) is 2.59. The Balaban J connectivity index is 2.21. The Bertz CT molecular complexity index is 484. The minimum absolute atomic E-state index is 0.0521. The fraction of sp³-hybridized carbons (Fsp3) is 0.467. The number of fused-ring (bicyclic) bond motifs is 1. The van der Waals surface area contributed by atoms with Crippen LogP contribution in [0.4, 0.5) is 0 Å². The highest BCUT2D eigenvalue weighted by Gasteiger charge is 2.33. The van der Waals surface area contributed by atoms with Gasteiger partial charge < -0.3 is 10.0 Å². The largest absolute Gasteiger partial charge is 0.480 e. The van der Waals surface area contributed by atoms with Gasteiger partial charge in [-0.25, -0.2) is 4.79 Å². The van der Waals surface area contributed by atoms with Crippen molar-refractivity contribution < 1.29 is 14.7 Å². The molecule has 0 fully saturated rings. The van der Waals surface area contributed by atoms with Gasteiger partial charge in [-0.2, -0.15) is 0 Å². The minimum atomic E-state index is -0.917. The summed E-state index contributed by atoms with van der Waals surface area (Å²) in [5, 5.41) is 9.31. The van der Waals surface area contributed by atoms with Gasteiger partial charge in [-0.15, -0.1) is 0 Å². The Labute approximate surface area is 113 Å². The number of rotatable bonds is 4. The van der Waals surface area contributed by atoms with E-state index in [0.29, 0.717) is 19.4 Å². The molecular formula is C15H19NO3. The molecular weight excluding hydrogens is 242 g/mol. The van der Waals surface area contributed by atoms with Crippen LogP contribution >= 0.6 is 0 Å². The van der Waals surface area contributed by atoms with Crippen molar-refractivity contribution in [3.8, 4) is 0 Å². The lowest BCUT2D eigenvalue weighted by atomic mass is 9.93. The summed E-state index contributed by atoms with van der Waals surface area (Å²) >= 11 is 0. The average molecular weight is 261 g/mol. The Kier molecular flexibility index (Phi) is 4.20. The van der Waals surface area contributed by atoms with Gasteiger partial charge in [0.2, 0.25) is 5.91 Å². The summed E-state index contributed by atoms with van der Waals surface area (Å²) in [7, 11) is 0.